The van der Waals surface area contributed by atoms with Gasteiger partial charge in [-0.15, -0.1) is 0 Å². The lowest BCUT2D eigenvalue weighted by Crippen LogP contribution is -2.66. The van der Waals surface area contributed by atoms with Gasteiger partial charge in [-0.1, -0.05) is 6.07 Å². The Balaban J connectivity index is 1.26. The smallest absolute Gasteiger partial charge is 0.291 e. The fraction of sp³-hybridized carbons (Fsp3) is 0.550. The van der Waals surface area contributed by atoms with Gasteiger partial charge in [0.1, 0.15) is 5.60 Å². The van der Waals surface area contributed by atoms with Crippen LogP contribution in [0.2, 0.25) is 0 Å². The summed E-state index contributed by atoms with van der Waals surface area (Å²) in [6.45, 7) is 6.91. The van der Waals surface area contributed by atoms with E-state index < -0.39 is 0 Å². The third-order valence-electron chi connectivity index (χ3n) is 5.55. The second-order valence-electron chi connectivity index (χ2n) is 7.44. The van der Waals surface area contributed by atoms with Gasteiger partial charge < -0.3 is 18.8 Å². The third-order valence-corrected chi connectivity index (χ3v) is 5.55. The van der Waals surface area contributed by atoms with Crippen molar-refractivity contribution in [2.24, 2.45) is 5.92 Å². The Hall–Kier alpha value is -2.25. The van der Waals surface area contributed by atoms with E-state index in [1.807, 2.05) is 25.1 Å². The molecule has 2 aromatic heterocycles. The van der Waals surface area contributed by atoms with Crippen molar-refractivity contribution >= 4 is 5.91 Å². The van der Waals surface area contributed by atoms with Gasteiger partial charge >= 0.3 is 0 Å². The number of oxazole rings is 1. The molecule has 7 heteroatoms. The van der Waals surface area contributed by atoms with E-state index in [0.717, 1.165) is 30.8 Å². The number of carbonyl (C=O) groups is 1. The number of pyridine rings is 1. The Morgan fingerprint density at radius 3 is 2.96 bits per heavy atom. The SMILES string of the molecule is Cc1cccc(COCCC2CCOC23CN(C(=O)c2ocnc2C)C3)n1. The van der Waals surface area contributed by atoms with E-state index in [1.54, 1.807) is 11.8 Å². The quantitative estimate of drug-likeness (QED) is 0.726. The Kier molecular flexibility index (Phi) is 4.97. The van der Waals surface area contributed by atoms with Crippen molar-refractivity contribution in [1.29, 1.82) is 0 Å². The molecule has 0 radical (unpaired) electrons. The van der Waals surface area contributed by atoms with E-state index >= 15 is 0 Å². The fourth-order valence-electron chi connectivity index (χ4n) is 4.02. The molecule has 2 saturated heterocycles. The zero-order valence-corrected chi connectivity index (χ0v) is 15.8. The summed E-state index contributed by atoms with van der Waals surface area (Å²) in [5, 5.41) is 0. The molecule has 0 aromatic carbocycles. The van der Waals surface area contributed by atoms with Crippen LogP contribution in [0.3, 0.4) is 0 Å². The first-order valence-electron chi connectivity index (χ1n) is 9.41. The van der Waals surface area contributed by atoms with Crippen LogP contribution in [-0.2, 0) is 16.1 Å². The number of aryl methyl sites for hydroxylation is 2. The monoisotopic (exact) mass is 371 g/mol. The van der Waals surface area contributed by atoms with Gasteiger partial charge in [-0.25, -0.2) is 4.98 Å². The van der Waals surface area contributed by atoms with Crippen LogP contribution in [0.1, 0.15) is 40.5 Å². The van der Waals surface area contributed by atoms with Crippen LogP contribution in [-0.4, -0.2) is 52.7 Å². The maximum absolute atomic E-state index is 12.5. The normalized spacial score (nSPS) is 20.8. The third kappa shape index (κ3) is 3.61. The number of aromatic nitrogens is 2. The number of rotatable bonds is 6. The van der Waals surface area contributed by atoms with Crippen LogP contribution in [0.25, 0.3) is 0 Å². The first-order valence-corrected chi connectivity index (χ1v) is 9.41. The molecule has 4 heterocycles. The largest absolute Gasteiger partial charge is 0.438 e. The number of amides is 1. The maximum atomic E-state index is 12.5. The van der Waals surface area contributed by atoms with Crippen LogP contribution >= 0.6 is 0 Å². The van der Waals surface area contributed by atoms with Crippen molar-refractivity contribution in [2.45, 2.75) is 38.9 Å². The molecule has 4 rings (SSSR count). The molecular weight excluding hydrogens is 346 g/mol. The van der Waals surface area contributed by atoms with Gasteiger partial charge in [0.2, 0.25) is 5.76 Å². The van der Waals surface area contributed by atoms with Crippen LogP contribution in [0.5, 0.6) is 0 Å². The summed E-state index contributed by atoms with van der Waals surface area (Å²) in [5.41, 5.74) is 2.35. The van der Waals surface area contributed by atoms with E-state index in [-0.39, 0.29) is 11.5 Å². The molecule has 1 atom stereocenters. The van der Waals surface area contributed by atoms with Crippen molar-refractivity contribution in [3.63, 3.8) is 0 Å². The van der Waals surface area contributed by atoms with Gasteiger partial charge in [-0.05, 0) is 44.7 Å². The number of hydrogen-bond acceptors (Lipinski definition) is 6. The van der Waals surface area contributed by atoms with Crippen molar-refractivity contribution < 1.29 is 18.7 Å². The molecule has 144 valence electrons. The molecule has 7 nitrogen and oxygen atoms in total. The average molecular weight is 371 g/mol. The van der Waals surface area contributed by atoms with Crippen LogP contribution in [0, 0.1) is 19.8 Å². The fourth-order valence-corrected chi connectivity index (χ4v) is 4.02. The van der Waals surface area contributed by atoms with E-state index in [4.69, 9.17) is 13.9 Å². The maximum Gasteiger partial charge on any atom is 0.291 e. The van der Waals surface area contributed by atoms with Crippen molar-refractivity contribution in [3.05, 3.63) is 47.4 Å². The summed E-state index contributed by atoms with van der Waals surface area (Å²) in [7, 11) is 0. The first kappa shape index (κ1) is 18.1. The molecule has 2 aliphatic rings. The minimum absolute atomic E-state index is 0.105. The molecule has 1 unspecified atom stereocenters. The lowest BCUT2D eigenvalue weighted by Gasteiger charge is -2.50. The van der Waals surface area contributed by atoms with Gasteiger partial charge in [0.25, 0.3) is 5.91 Å². The lowest BCUT2D eigenvalue weighted by atomic mass is 9.79. The second kappa shape index (κ2) is 7.40. The standard InChI is InChI=1S/C20H25N3O4/c1-14-4-3-5-17(22-14)10-25-8-6-16-7-9-27-20(16)11-23(12-20)19(24)18-15(2)21-13-26-18/h3-5,13,16H,6-12H2,1-2H3. The molecule has 0 bridgehead atoms. The summed E-state index contributed by atoms with van der Waals surface area (Å²) in [6, 6.07) is 5.96. The van der Waals surface area contributed by atoms with Crippen LogP contribution < -0.4 is 0 Å². The number of ether oxygens (including phenoxy) is 2. The van der Waals surface area contributed by atoms with E-state index in [9.17, 15) is 4.79 Å². The van der Waals surface area contributed by atoms with Crippen molar-refractivity contribution in [3.8, 4) is 0 Å². The van der Waals surface area contributed by atoms with Crippen LogP contribution in [0.4, 0.5) is 0 Å². The Morgan fingerprint density at radius 2 is 2.22 bits per heavy atom. The number of hydrogen-bond donors (Lipinski definition) is 0. The highest BCUT2D eigenvalue weighted by molar-refractivity contribution is 5.93. The minimum Gasteiger partial charge on any atom is -0.438 e. The summed E-state index contributed by atoms with van der Waals surface area (Å²) in [4.78, 5) is 22.7. The van der Waals surface area contributed by atoms with Gasteiger partial charge in [-0.3, -0.25) is 9.78 Å². The first-order chi connectivity index (χ1) is 13.1. The Bertz CT molecular complexity index is 813. The van der Waals surface area contributed by atoms with Crippen LogP contribution in [0.15, 0.2) is 29.0 Å². The summed E-state index contributed by atoms with van der Waals surface area (Å²) >= 11 is 0. The van der Waals surface area contributed by atoms with E-state index in [1.165, 1.54) is 6.39 Å². The molecule has 2 fully saturated rings. The molecule has 0 saturated carbocycles. The molecule has 2 aliphatic heterocycles. The topological polar surface area (TPSA) is 77.7 Å². The highest BCUT2D eigenvalue weighted by Crippen LogP contribution is 2.42. The van der Waals surface area contributed by atoms with Gasteiger partial charge in [-0.2, -0.15) is 0 Å². The Morgan fingerprint density at radius 1 is 1.37 bits per heavy atom. The molecule has 2 aromatic rings. The van der Waals surface area contributed by atoms with Gasteiger partial charge in [0.05, 0.1) is 31.1 Å². The highest BCUT2D eigenvalue weighted by Gasteiger charge is 2.54. The average Bonchev–Trinajstić information content (AvgIpc) is 3.23. The van der Waals surface area contributed by atoms with Crippen molar-refractivity contribution in [2.75, 3.05) is 26.3 Å². The molecule has 27 heavy (non-hydrogen) atoms. The minimum atomic E-state index is -0.228. The van der Waals surface area contributed by atoms with Gasteiger partial charge in [0.15, 0.2) is 6.39 Å². The summed E-state index contributed by atoms with van der Waals surface area (Å²) in [6.07, 6.45) is 3.25. The zero-order chi connectivity index (χ0) is 18.9. The lowest BCUT2D eigenvalue weighted by molar-refractivity contribution is -0.121. The molecule has 0 aliphatic carbocycles. The summed E-state index contributed by atoms with van der Waals surface area (Å²) in [5.74, 6) is 0.628. The summed E-state index contributed by atoms with van der Waals surface area (Å²) < 4.78 is 17.1. The Labute approximate surface area is 158 Å². The number of likely N-dealkylation sites (tertiary alicyclic amines) is 1. The number of nitrogens with zero attached hydrogens (tertiary/aromatic N) is 3. The van der Waals surface area contributed by atoms with Gasteiger partial charge in [0, 0.05) is 18.9 Å². The highest BCUT2D eigenvalue weighted by atomic mass is 16.5. The molecule has 1 spiro atoms. The second-order valence-corrected chi connectivity index (χ2v) is 7.44. The predicted molar refractivity (Wildman–Crippen MR) is 97.2 cm³/mol. The van der Waals surface area contributed by atoms with E-state index in [2.05, 4.69) is 9.97 Å². The van der Waals surface area contributed by atoms with Crippen molar-refractivity contribution in [1.82, 2.24) is 14.9 Å². The molecule has 0 N–H and O–H groups in total. The number of carbonyl (C=O) groups excluding carboxylic acids is 1. The predicted octanol–water partition coefficient (Wildman–Crippen LogP) is 2.52. The molecule has 1 amide bonds. The molecular formula is C20H25N3O4. The van der Waals surface area contributed by atoms with E-state index in [0.29, 0.717) is 43.7 Å². The zero-order valence-electron chi connectivity index (χ0n) is 15.8.